The number of nitrogens with zero attached hydrogens (tertiary/aromatic N) is 4. The van der Waals surface area contributed by atoms with E-state index in [9.17, 15) is 0 Å². The zero-order valence-electron chi connectivity index (χ0n) is 21.7. The molecule has 40 heavy (non-hydrogen) atoms. The molecule has 0 aliphatic carbocycles. The molecule has 2 aromatic heterocycles. The Kier molecular flexibility index (Phi) is 8.65. The normalized spacial score (nSPS) is 14.6. The first-order valence-electron chi connectivity index (χ1n) is 13.3. The van der Waals surface area contributed by atoms with Crippen LogP contribution in [0.15, 0.2) is 99.3 Å². The van der Waals surface area contributed by atoms with Gasteiger partial charge >= 0.3 is 0 Å². The molecule has 1 aliphatic heterocycles. The SMILES string of the molecule is Clc1ccc(Sc2ccccc2CN2CCC(CNc3cc(-c4ccccc4Cl)nc4c(Br)cnn34)CC2)cc1. The van der Waals surface area contributed by atoms with Gasteiger partial charge in [-0.05, 0) is 89.7 Å². The van der Waals surface area contributed by atoms with Gasteiger partial charge in [0.05, 0.1) is 16.4 Å². The van der Waals surface area contributed by atoms with Crippen LogP contribution in [0.4, 0.5) is 5.82 Å². The molecule has 0 unspecified atom stereocenters. The molecular formula is C31H28BrCl2N5S. The second-order valence-corrected chi connectivity index (χ2v) is 12.8. The van der Waals surface area contributed by atoms with E-state index in [-0.39, 0.29) is 0 Å². The van der Waals surface area contributed by atoms with Gasteiger partial charge in [0.1, 0.15) is 5.82 Å². The summed E-state index contributed by atoms with van der Waals surface area (Å²) in [6.45, 7) is 4.01. The summed E-state index contributed by atoms with van der Waals surface area (Å²) < 4.78 is 2.71. The summed E-state index contributed by atoms with van der Waals surface area (Å²) in [5.74, 6) is 1.50. The lowest BCUT2D eigenvalue weighted by atomic mass is 9.96. The first-order chi connectivity index (χ1) is 19.5. The summed E-state index contributed by atoms with van der Waals surface area (Å²) >= 11 is 18.0. The van der Waals surface area contributed by atoms with Crippen LogP contribution >= 0.6 is 50.9 Å². The Morgan fingerprint density at radius 1 is 0.950 bits per heavy atom. The predicted octanol–water partition coefficient (Wildman–Crippen LogP) is 8.94. The zero-order valence-corrected chi connectivity index (χ0v) is 25.6. The van der Waals surface area contributed by atoms with Gasteiger partial charge in [-0.1, -0.05) is 71.4 Å². The zero-order chi connectivity index (χ0) is 27.5. The van der Waals surface area contributed by atoms with Crippen LogP contribution in [-0.2, 0) is 6.54 Å². The molecule has 204 valence electrons. The monoisotopic (exact) mass is 651 g/mol. The third kappa shape index (κ3) is 6.34. The first-order valence-corrected chi connectivity index (χ1v) is 15.7. The van der Waals surface area contributed by atoms with Crippen LogP contribution in [0.1, 0.15) is 18.4 Å². The average Bonchev–Trinajstić information content (AvgIpc) is 3.35. The minimum Gasteiger partial charge on any atom is -0.370 e. The number of fused-ring (bicyclic) bond motifs is 1. The summed E-state index contributed by atoms with van der Waals surface area (Å²) in [5.41, 5.74) is 3.87. The van der Waals surface area contributed by atoms with E-state index in [0.717, 1.165) is 71.2 Å². The molecule has 0 bridgehead atoms. The van der Waals surface area contributed by atoms with Crippen molar-refractivity contribution in [3.8, 4) is 11.3 Å². The molecule has 5 aromatic rings. The molecule has 6 rings (SSSR count). The van der Waals surface area contributed by atoms with Crippen molar-refractivity contribution >= 4 is 62.4 Å². The molecule has 3 heterocycles. The van der Waals surface area contributed by atoms with Gasteiger partial charge in [-0.25, -0.2) is 4.98 Å². The highest BCUT2D eigenvalue weighted by Crippen LogP contribution is 2.33. The minimum absolute atomic E-state index is 0.584. The van der Waals surface area contributed by atoms with Crippen molar-refractivity contribution < 1.29 is 0 Å². The number of halogens is 3. The summed E-state index contributed by atoms with van der Waals surface area (Å²) in [4.78, 5) is 9.90. The maximum absolute atomic E-state index is 6.50. The standard InChI is InChI=1S/C31H28BrCl2N5S/c32-26-19-36-39-30(17-28(37-31(26)39)25-6-2-3-7-27(25)34)35-18-21-13-15-38(16-14-21)20-22-5-1-4-8-29(22)40-24-11-9-23(33)10-12-24/h1-12,17,19,21,35H,13-16,18,20H2. The molecule has 0 amide bonds. The van der Waals surface area contributed by atoms with Crippen LogP contribution in [0, 0.1) is 5.92 Å². The molecule has 0 saturated carbocycles. The van der Waals surface area contributed by atoms with E-state index < -0.39 is 0 Å². The van der Waals surface area contributed by atoms with Gasteiger partial charge in [0, 0.05) is 44.6 Å². The average molecular weight is 653 g/mol. The third-order valence-corrected chi connectivity index (χ3v) is 9.53. The van der Waals surface area contributed by atoms with E-state index in [4.69, 9.17) is 28.2 Å². The summed E-state index contributed by atoms with van der Waals surface area (Å²) in [6.07, 6.45) is 4.08. The van der Waals surface area contributed by atoms with Crippen molar-refractivity contribution in [3.63, 3.8) is 0 Å². The smallest absolute Gasteiger partial charge is 0.172 e. The molecule has 9 heteroatoms. The Morgan fingerprint density at radius 2 is 1.70 bits per heavy atom. The highest BCUT2D eigenvalue weighted by molar-refractivity contribution is 9.10. The van der Waals surface area contributed by atoms with Crippen LogP contribution in [0.25, 0.3) is 16.9 Å². The number of aromatic nitrogens is 3. The summed E-state index contributed by atoms with van der Waals surface area (Å²) in [5, 5.41) is 9.65. The number of benzene rings is 3. The van der Waals surface area contributed by atoms with E-state index in [1.165, 1.54) is 15.4 Å². The number of nitrogens with one attached hydrogen (secondary N) is 1. The van der Waals surface area contributed by atoms with Crippen LogP contribution in [0.5, 0.6) is 0 Å². The lowest BCUT2D eigenvalue weighted by Crippen LogP contribution is -2.35. The number of anilines is 1. The summed E-state index contributed by atoms with van der Waals surface area (Å²) in [7, 11) is 0. The van der Waals surface area contributed by atoms with Gasteiger partial charge in [-0.2, -0.15) is 9.61 Å². The second kappa shape index (κ2) is 12.5. The van der Waals surface area contributed by atoms with Gasteiger partial charge in [-0.3, -0.25) is 4.90 Å². The second-order valence-electron chi connectivity index (χ2n) is 10.00. The van der Waals surface area contributed by atoms with Crippen LogP contribution in [-0.4, -0.2) is 39.1 Å². The van der Waals surface area contributed by atoms with E-state index in [1.807, 2.05) is 47.0 Å². The molecule has 0 spiro atoms. The largest absolute Gasteiger partial charge is 0.370 e. The lowest BCUT2D eigenvalue weighted by Gasteiger charge is -2.32. The third-order valence-electron chi connectivity index (χ3n) is 7.27. The number of piperidine rings is 1. The number of hydrogen-bond acceptors (Lipinski definition) is 5. The van der Waals surface area contributed by atoms with Crippen molar-refractivity contribution in [2.75, 3.05) is 25.0 Å². The summed E-state index contributed by atoms with van der Waals surface area (Å²) in [6, 6.07) is 26.6. The molecule has 1 saturated heterocycles. The van der Waals surface area contributed by atoms with Gasteiger partial charge in [0.2, 0.25) is 0 Å². The molecule has 1 aliphatic rings. The van der Waals surface area contributed by atoms with E-state index in [2.05, 4.69) is 67.6 Å². The van der Waals surface area contributed by atoms with E-state index >= 15 is 0 Å². The van der Waals surface area contributed by atoms with Gasteiger partial charge in [-0.15, -0.1) is 0 Å². The maximum atomic E-state index is 6.50. The Labute approximate surface area is 257 Å². The molecule has 5 nitrogen and oxygen atoms in total. The van der Waals surface area contributed by atoms with Gasteiger partial charge in [0.25, 0.3) is 0 Å². The van der Waals surface area contributed by atoms with Crippen LogP contribution in [0.2, 0.25) is 10.0 Å². The fourth-order valence-corrected chi connectivity index (χ4v) is 6.71. The lowest BCUT2D eigenvalue weighted by molar-refractivity contribution is 0.181. The molecule has 1 N–H and O–H groups in total. The Bertz CT molecular complexity index is 1620. The maximum Gasteiger partial charge on any atom is 0.172 e. The van der Waals surface area contributed by atoms with Crippen molar-refractivity contribution in [2.24, 2.45) is 5.92 Å². The molecular weight excluding hydrogens is 625 g/mol. The highest BCUT2D eigenvalue weighted by atomic mass is 79.9. The van der Waals surface area contributed by atoms with Crippen LogP contribution < -0.4 is 5.32 Å². The molecule has 0 atom stereocenters. The highest BCUT2D eigenvalue weighted by Gasteiger charge is 2.21. The number of rotatable bonds is 8. The van der Waals surface area contributed by atoms with Crippen molar-refractivity contribution in [1.82, 2.24) is 19.5 Å². The number of likely N-dealkylation sites (tertiary alicyclic amines) is 1. The van der Waals surface area contributed by atoms with Gasteiger partial charge < -0.3 is 5.32 Å². The Morgan fingerprint density at radius 3 is 2.50 bits per heavy atom. The molecule has 0 radical (unpaired) electrons. The van der Waals surface area contributed by atoms with Crippen molar-refractivity contribution in [3.05, 3.63) is 105 Å². The topological polar surface area (TPSA) is 45.5 Å². The Balaban J connectivity index is 1.09. The number of hydrogen-bond donors (Lipinski definition) is 1. The fourth-order valence-electron chi connectivity index (χ4n) is 5.07. The Hall–Kier alpha value is -2.55. The minimum atomic E-state index is 0.584. The first kappa shape index (κ1) is 27.6. The molecule has 3 aromatic carbocycles. The van der Waals surface area contributed by atoms with Crippen molar-refractivity contribution in [1.29, 1.82) is 0 Å². The predicted molar refractivity (Wildman–Crippen MR) is 170 cm³/mol. The van der Waals surface area contributed by atoms with Gasteiger partial charge in [0.15, 0.2) is 5.65 Å². The molecule has 1 fully saturated rings. The van der Waals surface area contributed by atoms with E-state index in [1.54, 1.807) is 18.0 Å². The van der Waals surface area contributed by atoms with Crippen LogP contribution in [0.3, 0.4) is 0 Å². The van der Waals surface area contributed by atoms with Crippen molar-refractivity contribution in [2.45, 2.75) is 29.2 Å². The quantitative estimate of drug-likeness (QED) is 0.181. The fraction of sp³-hybridized carbons (Fsp3) is 0.226. The van der Waals surface area contributed by atoms with E-state index in [0.29, 0.717) is 10.9 Å².